The highest BCUT2D eigenvalue weighted by Crippen LogP contribution is 2.24. The molecule has 0 unspecified atom stereocenters. The number of methoxy groups -OCH3 is 1. The van der Waals surface area contributed by atoms with Crippen molar-refractivity contribution in [2.75, 3.05) is 12.4 Å². The molecule has 2 aromatic heterocycles. The number of anilines is 1. The minimum atomic E-state index is -0.518. The number of ether oxygens (including phenoxy) is 1. The van der Waals surface area contributed by atoms with Crippen LogP contribution in [0.5, 0.6) is 0 Å². The average Bonchev–Trinajstić information content (AvgIpc) is 3.17. The molecule has 4 rings (SSSR count). The maximum Gasteiger partial charge on any atom is 0.337 e. The van der Waals surface area contributed by atoms with Crippen LogP contribution in [0.15, 0.2) is 67.0 Å². The number of nitrogens with zero attached hydrogens (tertiary/aromatic N) is 3. The van der Waals surface area contributed by atoms with Gasteiger partial charge in [0.05, 0.1) is 41.7 Å². The molecule has 30 heavy (non-hydrogen) atoms. The van der Waals surface area contributed by atoms with Crippen LogP contribution in [0.1, 0.15) is 26.3 Å². The molecule has 0 bridgehead atoms. The van der Waals surface area contributed by atoms with E-state index in [0.29, 0.717) is 28.5 Å². The number of nitrogens with one attached hydrogen (secondary N) is 1. The summed E-state index contributed by atoms with van der Waals surface area (Å²) >= 11 is 6.16. The van der Waals surface area contributed by atoms with Crippen molar-refractivity contribution in [3.8, 4) is 0 Å². The van der Waals surface area contributed by atoms with Crippen LogP contribution in [0.3, 0.4) is 0 Å². The fourth-order valence-electron chi connectivity index (χ4n) is 3.03. The predicted octanol–water partition coefficient (Wildman–Crippen LogP) is 4.17. The van der Waals surface area contributed by atoms with Crippen molar-refractivity contribution in [2.24, 2.45) is 0 Å². The van der Waals surface area contributed by atoms with E-state index < -0.39 is 11.9 Å². The molecule has 150 valence electrons. The summed E-state index contributed by atoms with van der Waals surface area (Å²) in [6.45, 7) is 0.582. The third-order valence-electron chi connectivity index (χ3n) is 4.55. The van der Waals surface area contributed by atoms with Crippen molar-refractivity contribution >= 4 is 40.2 Å². The fraction of sp³-hybridized carbons (Fsp3) is 0.0909. The molecule has 0 spiro atoms. The van der Waals surface area contributed by atoms with Gasteiger partial charge in [0.1, 0.15) is 0 Å². The van der Waals surface area contributed by atoms with E-state index in [2.05, 4.69) is 15.4 Å². The first-order chi connectivity index (χ1) is 14.5. The third-order valence-corrected chi connectivity index (χ3v) is 4.88. The quantitative estimate of drug-likeness (QED) is 0.489. The van der Waals surface area contributed by atoms with Crippen LogP contribution in [0.4, 0.5) is 5.69 Å². The van der Waals surface area contributed by atoms with Gasteiger partial charge in [-0.1, -0.05) is 41.9 Å². The summed E-state index contributed by atoms with van der Waals surface area (Å²) in [5, 5.41) is 8.14. The molecule has 1 N–H and O–H groups in total. The standard InChI is InChI=1S/C22H17ClN4O3/c1-30-22(29)15-7-8-18(23)19(10-15)26-21(28)17-9-16-12-25-27(20(16)24-11-17)13-14-5-3-2-4-6-14/h2-12H,13H2,1H3,(H,26,28). The monoisotopic (exact) mass is 420 g/mol. The zero-order chi connectivity index (χ0) is 21.1. The summed E-state index contributed by atoms with van der Waals surface area (Å²) < 4.78 is 6.48. The van der Waals surface area contributed by atoms with E-state index in [1.807, 2.05) is 30.3 Å². The van der Waals surface area contributed by atoms with Gasteiger partial charge in [-0.2, -0.15) is 5.10 Å². The molecule has 0 radical (unpaired) electrons. The van der Waals surface area contributed by atoms with Gasteiger partial charge in [-0.3, -0.25) is 4.79 Å². The molecule has 4 aromatic rings. The molecule has 0 aliphatic rings. The number of rotatable bonds is 5. The van der Waals surface area contributed by atoms with E-state index in [1.54, 1.807) is 16.9 Å². The molecule has 0 atom stereocenters. The van der Waals surface area contributed by atoms with Crippen LogP contribution in [-0.2, 0) is 11.3 Å². The minimum absolute atomic E-state index is 0.285. The molecule has 0 aliphatic carbocycles. The topological polar surface area (TPSA) is 86.1 Å². The number of aromatic nitrogens is 3. The van der Waals surface area contributed by atoms with Gasteiger partial charge in [-0.05, 0) is 29.8 Å². The van der Waals surface area contributed by atoms with E-state index in [9.17, 15) is 9.59 Å². The van der Waals surface area contributed by atoms with Gasteiger partial charge in [-0.25, -0.2) is 14.5 Å². The highest BCUT2D eigenvalue weighted by atomic mass is 35.5. The van der Waals surface area contributed by atoms with Crippen molar-refractivity contribution < 1.29 is 14.3 Å². The molecule has 7 nitrogen and oxygen atoms in total. The third kappa shape index (κ3) is 4.01. The number of carbonyl (C=O) groups is 2. The normalized spacial score (nSPS) is 10.7. The number of benzene rings is 2. The molecule has 2 aromatic carbocycles. The van der Waals surface area contributed by atoms with Crippen LogP contribution in [0.25, 0.3) is 11.0 Å². The number of hydrogen-bond donors (Lipinski definition) is 1. The summed E-state index contributed by atoms with van der Waals surface area (Å²) in [7, 11) is 1.29. The lowest BCUT2D eigenvalue weighted by Gasteiger charge is -2.09. The number of amides is 1. The van der Waals surface area contributed by atoms with Gasteiger partial charge >= 0.3 is 5.97 Å². The zero-order valence-corrected chi connectivity index (χ0v) is 16.8. The van der Waals surface area contributed by atoms with Gasteiger partial charge in [-0.15, -0.1) is 0 Å². The number of pyridine rings is 1. The molecular formula is C22H17ClN4O3. The molecule has 0 saturated heterocycles. The minimum Gasteiger partial charge on any atom is -0.465 e. The molecule has 2 heterocycles. The van der Waals surface area contributed by atoms with Gasteiger partial charge in [0.25, 0.3) is 5.91 Å². The van der Waals surface area contributed by atoms with E-state index in [1.165, 1.54) is 31.5 Å². The average molecular weight is 421 g/mol. The summed E-state index contributed by atoms with van der Waals surface area (Å²) in [4.78, 5) is 28.8. The number of esters is 1. The SMILES string of the molecule is COC(=O)c1ccc(Cl)c(NC(=O)c2cnc3c(cnn3Cc3ccccc3)c2)c1. The Morgan fingerprint density at radius 2 is 1.87 bits per heavy atom. The van der Waals surface area contributed by atoms with E-state index in [0.717, 1.165) is 10.9 Å². The lowest BCUT2D eigenvalue weighted by atomic mass is 10.2. The van der Waals surface area contributed by atoms with Crippen LogP contribution < -0.4 is 5.32 Å². The summed E-state index contributed by atoms with van der Waals surface area (Å²) in [5.41, 5.74) is 2.73. The number of carbonyl (C=O) groups excluding carboxylic acids is 2. The van der Waals surface area contributed by atoms with Gasteiger partial charge in [0.15, 0.2) is 5.65 Å². The van der Waals surface area contributed by atoms with Crippen molar-refractivity contribution in [2.45, 2.75) is 6.54 Å². The van der Waals surface area contributed by atoms with Crippen LogP contribution in [-0.4, -0.2) is 33.8 Å². The first kappa shape index (κ1) is 19.6. The van der Waals surface area contributed by atoms with Crippen LogP contribution >= 0.6 is 11.6 Å². The lowest BCUT2D eigenvalue weighted by molar-refractivity contribution is 0.0600. The molecule has 1 amide bonds. The molecular weight excluding hydrogens is 404 g/mol. The second kappa shape index (κ2) is 8.34. The highest BCUT2D eigenvalue weighted by molar-refractivity contribution is 6.34. The lowest BCUT2D eigenvalue weighted by Crippen LogP contribution is -2.13. The Morgan fingerprint density at radius 1 is 1.07 bits per heavy atom. The van der Waals surface area contributed by atoms with Gasteiger partial charge in [0, 0.05) is 11.6 Å². The maximum absolute atomic E-state index is 12.7. The first-order valence-electron chi connectivity index (χ1n) is 9.10. The molecule has 0 aliphatic heterocycles. The van der Waals surface area contributed by atoms with Crippen molar-refractivity contribution in [1.82, 2.24) is 14.8 Å². The Hall–Kier alpha value is -3.71. The van der Waals surface area contributed by atoms with Gasteiger partial charge < -0.3 is 10.1 Å². The first-order valence-corrected chi connectivity index (χ1v) is 9.47. The number of hydrogen-bond acceptors (Lipinski definition) is 5. The summed E-state index contributed by atoms with van der Waals surface area (Å²) in [6.07, 6.45) is 3.16. The van der Waals surface area contributed by atoms with E-state index in [-0.39, 0.29) is 5.56 Å². The zero-order valence-electron chi connectivity index (χ0n) is 16.0. The largest absolute Gasteiger partial charge is 0.465 e. The van der Waals surface area contributed by atoms with Crippen molar-refractivity contribution in [3.05, 3.63) is 88.7 Å². The summed E-state index contributed by atoms with van der Waals surface area (Å²) in [6, 6.07) is 16.2. The smallest absolute Gasteiger partial charge is 0.337 e. The van der Waals surface area contributed by atoms with Crippen LogP contribution in [0.2, 0.25) is 5.02 Å². The summed E-state index contributed by atoms with van der Waals surface area (Å²) in [5.74, 6) is -0.916. The second-order valence-electron chi connectivity index (χ2n) is 6.56. The van der Waals surface area contributed by atoms with E-state index in [4.69, 9.17) is 16.3 Å². The Balaban J connectivity index is 1.57. The van der Waals surface area contributed by atoms with Crippen molar-refractivity contribution in [3.63, 3.8) is 0 Å². The van der Waals surface area contributed by atoms with Crippen molar-refractivity contribution in [1.29, 1.82) is 0 Å². The Kier molecular flexibility index (Phi) is 5.45. The molecule has 0 fully saturated rings. The Bertz CT molecular complexity index is 1240. The second-order valence-corrected chi connectivity index (χ2v) is 6.97. The van der Waals surface area contributed by atoms with E-state index >= 15 is 0 Å². The van der Waals surface area contributed by atoms with Gasteiger partial charge in [0.2, 0.25) is 0 Å². The van der Waals surface area contributed by atoms with Crippen LogP contribution in [0, 0.1) is 0 Å². The molecule has 0 saturated carbocycles. The highest BCUT2D eigenvalue weighted by Gasteiger charge is 2.14. The fourth-order valence-corrected chi connectivity index (χ4v) is 3.19. The maximum atomic E-state index is 12.7. The Morgan fingerprint density at radius 3 is 2.63 bits per heavy atom. The number of fused-ring (bicyclic) bond motifs is 1. The molecule has 8 heteroatoms. The predicted molar refractivity (Wildman–Crippen MR) is 114 cm³/mol. The Labute approximate surface area is 177 Å². The number of halogens is 1.